The number of hydrogen-bond donors (Lipinski definition) is 1. The van der Waals surface area contributed by atoms with Crippen molar-refractivity contribution in [1.82, 2.24) is 5.32 Å². The van der Waals surface area contributed by atoms with Gasteiger partial charge in [0.2, 0.25) is 0 Å². The summed E-state index contributed by atoms with van der Waals surface area (Å²) in [4.78, 5) is 1.22. The fourth-order valence-corrected chi connectivity index (χ4v) is 3.22. The Labute approximate surface area is 120 Å². The van der Waals surface area contributed by atoms with Gasteiger partial charge in [-0.15, -0.1) is 11.3 Å². The van der Waals surface area contributed by atoms with E-state index in [2.05, 4.69) is 58.5 Å². The summed E-state index contributed by atoms with van der Waals surface area (Å²) in [7, 11) is 1.95. The third-order valence-electron chi connectivity index (χ3n) is 2.65. The molecule has 1 aromatic carbocycles. The van der Waals surface area contributed by atoms with E-state index >= 15 is 0 Å². The summed E-state index contributed by atoms with van der Waals surface area (Å²) in [6, 6.07) is 10.4. The normalized spacial score (nSPS) is 10.6. The van der Waals surface area contributed by atoms with Crippen molar-refractivity contribution in [1.29, 1.82) is 0 Å². The van der Waals surface area contributed by atoms with Crippen molar-refractivity contribution in [3.05, 3.63) is 50.1 Å². The van der Waals surface area contributed by atoms with Crippen LogP contribution in [0.25, 0.3) is 0 Å². The molecule has 0 atom stereocenters. The highest BCUT2D eigenvalue weighted by molar-refractivity contribution is 9.11. The van der Waals surface area contributed by atoms with Crippen LogP contribution >= 0.6 is 27.3 Å². The summed E-state index contributed by atoms with van der Waals surface area (Å²) in [6.45, 7) is 3.53. The van der Waals surface area contributed by atoms with Crippen LogP contribution in [0.5, 0.6) is 5.75 Å². The van der Waals surface area contributed by atoms with E-state index in [1.54, 1.807) is 11.3 Å². The first kappa shape index (κ1) is 13.6. The quantitative estimate of drug-likeness (QED) is 0.892. The molecule has 1 N–H and O–H groups in total. The number of hydrogen-bond acceptors (Lipinski definition) is 3. The minimum atomic E-state index is 0.623. The van der Waals surface area contributed by atoms with Gasteiger partial charge in [0, 0.05) is 17.0 Å². The van der Waals surface area contributed by atoms with Crippen LogP contribution in [0.2, 0.25) is 0 Å². The summed E-state index contributed by atoms with van der Waals surface area (Å²) < 4.78 is 7.11. The molecule has 0 fully saturated rings. The molecule has 0 saturated heterocycles. The number of aryl methyl sites for hydroxylation is 1. The Hall–Kier alpha value is -0.840. The molecule has 0 bridgehead atoms. The standard InChI is InChI=1S/C14H16BrNOS/c1-10-4-3-5-11(8-16-2)14(10)17-9-12-6-7-13(15)18-12/h3-7,16H,8-9H2,1-2H3. The minimum absolute atomic E-state index is 0.623. The molecule has 1 aromatic heterocycles. The summed E-state index contributed by atoms with van der Waals surface area (Å²) in [6.07, 6.45) is 0. The lowest BCUT2D eigenvalue weighted by atomic mass is 10.1. The molecule has 0 saturated carbocycles. The predicted octanol–water partition coefficient (Wildman–Crippen LogP) is 4.12. The highest BCUT2D eigenvalue weighted by atomic mass is 79.9. The molecule has 0 aliphatic heterocycles. The van der Waals surface area contributed by atoms with Crippen molar-refractivity contribution in [3.63, 3.8) is 0 Å². The molecule has 18 heavy (non-hydrogen) atoms. The monoisotopic (exact) mass is 325 g/mol. The lowest BCUT2D eigenvalue weighted by Crippen LogP contribution is -2.08. The SMILES string of the molecule is CNCc1cccc(C)c1OCc1ccc(Br)s1. The lowest BCUT2D eigenvalue weighted by molar-refractivity contribution is 0.303. The second-order valence-electron chi connectivity index (χ2n) is 4.09. The zero-order valence-electron chi connectivity index (χ0n) is 10.5. The maximum atomic E-state index is 5.97. The molecule has 0 amide bonds. The first-order valence-electron chi connectivity index (χ1n) is 5.81. The first-order chi connectivity index (χ1) is 8.70. The molecule has 1 heterocycles. The van der Waals surface area contributed by atoms with Crippen LogP contribution < -0.4 is 10.1 Å². The topological polar surface area (TPSA) is 21.3 Å². The Balaban J connectivity index is 2.12. The van der Waals surface area contributed by atoms with E-state index in [9.17, 15) is 0 Å². The van der Waals surface area contributed by atoms with Crippen molar-refractivity contribution in [2.45, 2.75) is 20.1 Å². The molecule has 0 aliphatic carbocycles. The van der Waals surface area contributed by atoms with Crippen LogP contribution in [0.15, 0.2) is 34.1 Å². The fraction of sp³-hybridized carbons (Fsp3) is 0.286. The summed E-state index contributed by atoms with van der Waals surface area (Å²) >= 11 is 5.17. The van der Waals surface area contributed by atoms with E-state index in [0.717, 1.165) is 16.1 Å². The molecule has 0 spiro atoms. The number of halogens is 1. The Morgan fingerprint density at radius 2 is 2.11 bits per heavy atom. The van der Waals surface area contributed by atoms with E-state index in [1.807, 2.05) is 7.05 Å². The summed E-state index contributed by atoms with van der Waals surface area (Å²) in [5, 5.41) is 3.17. The average molecular weight is 326 g/mol. The van der Waals surface area contributed by atoms with E-state index in [1.165, 1.54) is 16.0 Å². The molecule has 0 radical (unpaired) electrons. The van der Waals surface area contributed by atoms with Gasteiger partial charge in [0.1, 0.15) is 12.4 Å². The minimum Gasteiger partial charge on any atom is -0.487 e. The van der Waals surface area contributed by atoms with E-state index in [4.69, 9.17) is 4.74 Å². The third kappa shape index (κ3) is 3.34. The van der Waals surface area contributed by atoms with Crippen molar-refractivity contribution < 1.29 is 4.74 Å². The second kappa shape index (κ2) is 6.36. The average Bonchev–Trinajstić information content (AvgIpc) is 2.75. The van der Waals surface area contributed by atoms with Gasteiger partial charge < -0.3 is 10.1 Å². The van der Waals surface area contributed by atoms with E-state index in [0.29, 0.717) is 6.61 Å². The van der Waals surface area contributed by atoms with Gasteiger partial charge in [0.15, 0.2) is 0 Å². The number of para-hydroxylation sites is 1. The maximum Gasteiger partial charge on any atom is 0.127 e. The van der Waals surface area contributed by atoms with E-state index in [-0.39, 0.29) is 0 Å². The summed E-state index contributed by atoms with van der Waals surface area (Å²) in [5.74, 6) is 0.997. The Morgan fingerprint density at radius 1 is 1.28 bits per heavy atom. The highest BCUT2D eigenvalue weighted by Gasteiger charge is 2.07. The van der Waals surface area contributed by atoms with Gasteiger partial charge >= 0.3 is 0 Å². The van der Waals surface area contributed by atoms with Crippen LogP contribution in [-0.2, 0) is 13.2 Å². The molecule has 0 aliphatic rings. The van der Waals surface area contributed by atoms with Crippen LogP contribution in [0.4, 0.5) is 0 Å². The highest BCUT2D eigenvalue weighted by Crippen LogP contribution is 2.27. The molecular weight excluding hydrogens is 310 g/mol. The Morgan fingerprint density at radius 3 is 2.78 bits per heavy atom. The van der Waals surface area contributed by atoms with Crippen molar-refractivity contribution in [3.8, 4) is 5.75 Å². The molecule has 2 rings (SSSR count). The molecule has 2 aromatic rings. The van der Waals surface area contributed by atoms with Crippen molar-refractivity contribution >= 4 is 27.3 Å². The van der Waals surface area contributed by atoms with Crippen molar-refractivity contribution in [2.24, 2.45) is 0 Å². The zero-order valence-corrected chi connectivity index (χ0v) is 12.9. The van der Waals surface area contributed by atoms with Gasteiger partial charge in [-0.05, 0) is 47.6 Å². The van der Waals surface area contributed by atoms with Gasteiger partial charge in [0.25, 0.3) is 0 Å². The zero-order chi connectivity index (χ0) is 13.0. The van der Waals surface area contributed by atoms with Crippen molar-refractivity contribution in [2.75, 3.05) is 7.05 Å². The van der Waals surface area contributed by atoms with Gasteiger partial charge in [-0.3, -0.25) is 0 Å². The largest absolute Gasteiger partial charge is 0.487 e. The summed E-state index contributed by atoms with van der Waals surface area (Å²) in [5.41, 5.74) is 2.38. The molecule has 4 heteroatoms. The van der Waals surface area contributed by atoms with Crippen LogP contribution in [0, 0.1) is 6.92 Å². The molecule has 2 nitrogen and oxygen atoms in total. The van der Waals surface area contributed by atoms with Gasteiger partial charge in [-0.1, -0.05) is 18.2 Å². The molecular formula is C14H16BrNOS. The number of nitrogens with one attached hydrogen (secondary N) is 1. The fourth-order valence-electron chi connectivity index (χ4n) is 1.82. The van der Waals surface area contributed by atoms with Crippen LogP contribution in [0.1, 0.15) is 16.0 Å². The Bertz CT molecular complexity index is 524. The number of ether oxygens (including phenoxy) is 1. The second-order valence-corrected chi connectivity index (χ2v) is 6.64. The number of rotatable bonds is 5. The van der Waals surface area contributed by atoms with Gasteiger partial charge in [-0.25, -0.2) is 0 Å². The number of thiophene rings is 1. The number of benzene rings is 1. The molecule has 96 valence electrons. The third-order valence-corrected chi connectivity index (χ3v) is 4.25. The smallest absolute Gasteiger partial charge is 0.127 e. The van der Waals surface area contributed by atoms with Gasteiger partial charge in [-0.2, -0.15) is 0 Å². The molecule has 0 unspecified atom stereocenters. The first-order valence-corrected chi connectivity index (χ1v) is 7.41. The maximum absolute atomic E-state index is 5.97. The van der Waals surface area contributed by atoms with E-state index < -0.39 is 0 Å². The predicted molar refractivity (Wildman–Crippen MR) is 80.3 cm³/mol. The lowest BCUT2D eigenvalue weighted by Gasteiger charge is -2.13. The van der Waals surface area contributed by atoms with Crippen LogP contribution in [0.3, 0.4) is 0 Å². The Kier molecular flexibility index (Phi) is 4.80. The van der Waals surface area contributed by atoms with Crippen LogP contribution in [-0.4, -0.2) is 7.05 Å². The van der Waals surface area contributed by atoms with Gasteiger partial charge in [0.05, 0.1) is 3.79 Å².